The highest BCUT2D eigenvalue weighted by Crippen LogP contribution is 2.35. The number of carbonyl (C=O) groups excluding carboxylic acids is 4. The number of hydrogen-bond acceptors (Lipinski definition) is 6. The molecule has 0 aliphatic carbocycles. The molecule has 3 heterocycles. The molecule has 1 aromatic carbocycles. The first-order valence-electron chi connectivity index (χ1n) is 11.0. The van der Waals surface area contributed by atoms with Gasteiger partial charge in [-0.05, 0) is 49.1 Å². The minimum atomic E-state index is -3.80. The summed E-state index contributed by atoms with van der Waals surface area (Å²) in [5, 5.41) is 2.24. The van der Waals surface area contributed by atoms with Crippen molar-refractivity contribution >= 4 is 23.5 Å². The molecule has 1 aromatic heterocycles. The summed E-state index contributed by atoms with van der Waals surface area (Å²) in [6, 6.07) is 6.95. The second-order valence-electron chi connectivity index (χ2n) is 8.17. The van der Waals surface area contributed by atoms with E-state index in [9.17, 15) is 28.0 Å². The average Bonchev–Trinajstić information content (AvgIpc) is 3.13. The molecule has 1 atom stereocenters. The summed E-state index contributed by atoms with van der Waals surface area (Å²) in [7, 11) is 0. The molecule has 34 heavy (non-hydrogen) atoms. The van der Waals surface area contributed by atoms with Crippen LogP contribution in [0.25, 0.3) is 0 Å². The highest BCUT2D eigenvalue weighted by molar-refractivity contribution is 6.05. The van der Waals surface area contributed by atoms with Crippen LogP contribution in [0.4, 0.5) is 8.78 Å². The van der Waals surface area contributed by atoms with Crippen LogP contribution in [0.15, 0.2) is 36.5 Å². The van der Waals surface area contributed by atoms with Gasteiger partial charge in [-0.25, -0.2) is 0 Å². The number of aryl methyl sites for hydroxylation is 1. The summed E-state index contributed by atoms with van der Waals surface area (Å²) in [6.07, 6.45) is 1.20. The Kier molecular flexibility index (Phi) is 6.41. The maximum Gasteiger partial charge on any atom is 0.350 e. The van der Waals surface area contributed by atoms with Gasteiger partial charge in [-0.3, -0.25) is 29.5 Å². The standard InChI is InChI=1S/C24H23F2N3O5/c1-2-34-18-4-3-11-27-21(18)24(25,26)19(30)9-6-14-5-7-16-15(12-14)13-29(23(16)33)17-8-10-20(31)28-22(17)32/h3-5,7,11-12,17H,2,6,8-10,13H2,1H3,(H,28,31,32). The molecule has 0 spiro atoms. The minimum absolute atomic E-state index is 0.0467. The third-order valence-electron chi connectivity index (χ3n) is 5.95. The van der Waals surface area contributed by atoms with Gasteiger partial charge >= 0.3 is 5.92 Å². The van der Waals surface area contributed by atoms with Crippen LogP contribution >= 0.6 is 0 Å². The molecular weight excluding hydrogens is 448 g/mol. The van der Waals surface area contributed by atoms with Gasteiger partial charge in [0.1, 0.15) is 11.8 Å². The lowest BCUT2D eigenvalue weighted by molar-refractivity contribution is -0.145. The Morgan fingerprint density at radius 3 is 2.79 bits per heavy atom. The molecule has 2 aliphatic heterocycles. The van der Waals surface area contributed by atoms with Crippen LogP contribution in [0.1, 0.15) is 53.4 Å². The van der Waals surface area contributed by atoms with Crippen LogP contribution in [-0.4, -0.2) is 46.0 Å². The molecule has 3 amide bonds. The van der Waals surface area contributed by atoms with Gasteiger partial charge in [0.05, 0.1) is 6.61 Å². The quantitative estimate of drug-likeness (QED) is 0.594. The van der Waals surface area contributed by atoms with Crippen molar-refractivity contribution in [2.24, 2.45) is 0 Å². The number of nitrogens with one attached hydrogen (secondary N) is 1. The number of nitrogens with zero attached hydrogens (tertiary/aromatic N) is 2. The Morgan fingerprint density at radius 2 is 2.06 bits per heavy atom. The SMILES string of the molecule is CCOc1cccnc1C(F)(F)C(=O)CCc1ccc2c(c1)CN(C1CCC(=O)NC1=O)C2=O. The van der Waals surface area contributed by atoms with E-state index in [-0.39, 0.29) is 50.0 Å². The highest BCUT2D eigenvalue weighted by atomic mass is 19.3. The fraction of sp³-hybridized carbons (Fsp3) is 0.375. The number of fused-ring (bicyclic) bond motifs is 1. The normalized spacial score (nSPS) is 18.0. The van der Waals surface area contributed by atoms with E-state index < -0.39 is 35.8 Å². The number of hydrogen-bond donors (Lipinski definition) is 1. The number of piperidine rings is 1. The van der Waals surface area contributed by atoms with E-state index in [4.69, 9.17) is 4.74 Å². The predicted octanol–water partition coefficient (Wildman–Crippen LogP) is 2.54. The maximum absolute atomic E-state index is 14.8. The second kappa shape index (κ2) is 9.28. The fourth-order valence-electron chi connectivity index (χ4n) is 4.23. The maximum atomic E-state index is 14.8. The molecule has 2 aliphatic rings. The zero-order valence-electron chi connectivity index (χ0n) is 18.5. The van der Waals surface area contributed by atoms with E-state index in [2.05, 4.69) is 10.3 Å². The topological polar surface area (TPSA) is 106 Å². The van der Waals surface area contributed by atoms with Crippen LogP contribution in [0.5, 0.6) is 5.75 Å². The number of imide groups is 1. The Balaban J connectivity index is 1.44. The van der Waals surface area contributed by atoms with Gasteiger partial charge in [0, 0.05) is 31.1 Å². The van der Waals surface area contributed by atoms with E-state index >= 15 is 0 Å². The van der Waals surface area contributed by atoms with E-state index in [0.29, 0.717) is 16.7 Å². The lowest BCUT2D eigenvalue weighted by Gasteiger charge is -2.29. The van der Waals surface area contributed by atoms with Crippen molar-refractivity contribution in [1.82, 2.24) is 15.2 Å². The number of aromatic nitrogens is 1. The Labute approximate surface area is 194 Å². The number of benzene rings is 1. The number of Topliss-reactive ketones (excluding diaryl/α,β-unsaturated/α-hetero) is 1. The predicted molar refractivity (Wildman–Crippen MR) is 115 cm³/mol. The van der Waals surface area contributed by atoms with E-state index in [1.165, 1.54) is 23.2 Å². The van der Waals surface area contributed by atoms with Crippen molar-refractivity contribution < 1.29 is 32.7 Å². The molecular formula is C24H23F2N3O5. The van der Waals surface area contributed by atoms with Crippen molar-refractivity contribution in [3.63, 3.8) is 0 Å². The van der Waals surface area contributed by atoms with Crippen molar-refractivity contribution in [1.29, 1.82) is 0 Å². The van der Waals surface area contributed by atoms with Crippen LogP contribution in [0.3, 0.4) is 0 Å². The van der Waals surface area contributed by atoms with Gasteiger partial charge in [-0.15, -0.1) is 0 Å². The number of rotatable bonds is 8. The molecule has 10 heteroatoms. The smallest absolute Gasteiger partial charge is 0.350 e. The number of ether oxygens (including phenoxy) is 1. The lowest BCUT2D eigenvalue weighted by Crippen LogP contribution is -2.52. The van der Waals surface area contributed by atoms with E-state index in [1.54, 1.807) is 25.1 Å². The summed E-state index contributed by atoms with van der Waals surface area (Å²) in [4.78, 5) is 53.8. The summed E-state index contributed by atoms with van der Waals surface area (Å²) < 4.78 is 34.8. The van der Waals surface area contributed by atoms with E-state index in [1.807, 2.05) is 0 Å². The molecule has 0 bridgehead atoms. The van der Waals surface area contributed by atoms with E-state index in [0.717, 1.165) is 0 Å². The van der Waals surface area contributed by atoms with Crippen molar-refractivity contribution in [3.05, 3.63) is 58.9 Å². The zero-order chi connectivity index (χ0) is 24.5. The summed E-state index contributed by atoms with van der Waals surface area (Å²) in [5.74, 6) is -6.42. The first-order chi connectivity index (χ1) is 16.2. The monoisotopic (exact) mass is 471 g/mol. The number of alkyl halides is 2. The molecule has 0 radical (unpaired) electrons. The number of carbonyl (C=O) groups is 4. The molecule has 8 nitrogen and oxygen atoms in total. The summed E-state index contributed by atoms with van der Waals surface area (Å²) in [6.45, 7) is 1.98. The number of halogens is 2. The number of amides is 3. The molecule has 0 saturated carbocycles. The summed E-state index contributed by atoms with van der Waals surface area (Å²) in [5.41, 5.74) is 0.975. The number of ketones is 1. The molecule has 4 rings (SSSR count). The van der Waals surface area contributed by atoms with Gasteiger partial charge in [0.2, 0.25) is 17.6 Å². The van der Waals surface area contributed by atoms with Gasteiger partial charge in [-0.1, -0.05) is 12.1 Å². The molecule has 178 valence electrons. The largest absolute Gasteiger partial charge is 0.492 e. The summed E-state index contributed by atoms with van der Waals surface area (Å²) >= 11 is 0. The third-order valence-corrected chi connectivity index (χ3v) is 5.95. The Morgan fingerprint density at radius 1 is 1.26 bits per heavy atom. The lowest BCUT2D eigenvalue weighted by atomic mass is 9.99. The van der Waals surface area contributed by atoms with Crippen LogP contribution in [-0.2, 0) is 33.3 Å². The van der Waals surface area contributed by atoms with Gasteiger partial charge < -0.3 is 9.64 Å². The third kappa shape index (κ3) is 4.40. The Hall–Kier alpha value is -3.69. The fourth-order valence-corrected chi connectivity index (χ4v) is 4.23. The molecule has 2 aromatic rings. The first-order valence-corrected chi connectivity index (χ1v) is 11.0. The average molecular weight is 471 g/mol. The van der Waals surface area contributed by atoms with Crippen molar-refractivity contribution in [3.8, 4) is 5.75 Å². The minimum Gasteiger partial charge on any atom is -0.492 e. The van der Waals surface area contributed by atoms with Crippen molar-refractivity contribution in [2.45, 2.75) is 51.1 Å². The highest BCUT2D eigenvalue weighted by Gasteiger charge is 2.44. The zero-order valence-corrected chi connectivity index (χ0v) is 18.5. The van der Waals surface area contributed by atoms with Crippen molar-refractivity contribution in [2.75, 3.05) is 6.61 Å². The van der Waals surface area contributed by atoms with Gasteiger partial charge in [-0.2, -0.15) is 8.78 Å². The van der Waals surface area contributed by atoms with Crippen LogP contribution < -0.4 is 10.1 Å². The van der Waals surface area contributed by atoms with Gasteiger partial charge in [0.25, 0.3) is 5.91 Å². The molecule has 1 saturated heterocycles. The molecule has 1 fully saturated rings. The molecule has 1 unspecified atom stereocenters. The second-order valence-corrected chi connectivity index (χ2v) is 8.17. The van der Waals surface area contributed by atoms with Crippen LogP contribution in [0, 0.1) is 0 Å². The Bertz CT molecular complexity index is 1170. The molecule has 1 N–H and O–H groups in total. The number of pyridine rings is 1. The van der Waals surface area contributed by atoms with Crippen LogP contribution in [0.2, 0.25) is 0 Å². The first kappa shape index (κ1) is 23.5. The van der Waals surface area contributed by atoms with Gasteiger partial charge in [0.15, 0.2) is 5.69 Å².